The molecule has 0 radical (unpaired) electrons. The minimum atomic E-state index is -0.319. The topological polar surface area (TPSA) is 70.2 Å². The van der Waals surface area contributed by atoms with Crippen LogP contribution in [-0.2, 0) is 15.1 Å². The van der Waals surface area contributed by atoms with Gasteiger partial charge in [-0.2, -0.15) is 0 Å². The zero-order valence-electron chi connectivity index (χ0n) is 18.5. The molecule has 2 aromatic carbocycles. The molecule has 2 aromatic rings. The first-order chi connectivity index (χ1) is 14.2. The summed E-state index contributed by atoms with van der Waals surface area (Å²) in [5.41, 5.74) is 4.74. The van der Waals surface area contributed by atoms with E-state index in [0.717, 1.165) is 40.8 Å². The second-order valence-electron chi connectivity index (χ2n) is 7.75. The molecule has 0 saturated carbocycles. The molecule has 0 fully saturated rings. The molecular formula is C24H32ClN3O2. The maximum Gasteiger partial charge on any atom is 0.243 e. The molecule has 0 aliphatic carbocycles. The van der Waals surface area contributed by atoms with Gasteiger partial charge in [-0.25, -0.2) is 0 Å². The number of amides is 2. The molecule has 0 aromatic heterocycles. The Morgan fingerprint density at radius 3 is 2.00 bits per heavy atom. The third-order valence-electron chi connectivity index (χ3n) is 5.58. The van der Waals surface area contributed by atoms with Crippen LogP contribution in [0.3, 0.4) is 0 Å². The van der Waals surface area contributed by atoms with E-state index in [0.29, 0.717) is 5.02 Å². The molecule has 5 nitrogen and oxygen atoms in total. The van der Waals surface area contributed by atoms with Gasteiger partial charge in [-0.05, 0) is 62.4 Å². The van der Waals surface area contributed by atoms with E-state index in [4.69, 9.17) is 11.6 Å². The first-order valence-corrected chi connectivity index (χ1v) is 10.7. The summed E-state index contributed by atoms with van der Waals surface area (Å²) in [5, 5.41) is 9.66. The van der Waals surface area contributed by atoms with Gasteiger partial charge in [-0.3, -0.25) is 14.9 Å². The Kier molecular flexibility index (Phi) is 8.44. The molecule has 0 unspecified atom stereocenters. The van der Waals surface area contributed by atoms with E-state index >= 15 is 0 Å². The van der Waals surface area contributed by atoms with Crippen LogP contribution in [0.2, 0.25) is 5.02 Å². The third-order valence-corrected chi connectivity index (χ3v) is 5.83. The van der Waals surface area contributed by atoms with Gasteiger partial charge < -0.3 is 10.6 Å². The van der Waals surface area contributed by atoms with Gasteiger partial charge in [0.1, 0.15) is 0 Å². The van der Waals surface area contributed by atoms with Gasteiger partial charge in [0.05, 0.1) is 13.1 Å². The second-order valence-corrected chi connectivity index (χ2v) is 8.18. The highest BCUT2D eigenvalue weighted by atomic mass is 35.5. The lowest BCUT2D eigenvalue weighted by Gasteiger charge is -2.33. The molecule has 2 rings (SSSR count). The number of carbonyl (C=O) groups is 2. The number of hydrogen-bond acceptors (Lipinski definition) is 3. The molecule has 30 heavy (non-hydrogen) atoms. The van der Waals surface area contributed by atoms with Crippen LogP contribution < -0.4 is 16.0 Å². The number of carbonyl (C=O) groups excluding carboxylic acids is 2. The van der Waals surface area contributed by atoms with Gasteiger partial charge in [0.2, 0.25) is 11.8 Å². The molecule has 0 aliphatic heterocycles. The SMILES string of the molecule is CCC(CC)(NCC(=O)NCC(=O)Nc1c(C)cc(C)cc1C)c1ccc(Cl)cc1. The van der Waals surface area contributed by atoms with E-state index in [2.05, 4.69) is 29.8 Å². The molecule has 162 valence electrons. The number of halogens is 1. The van der Waals surface area contributed by atoms with E-state index < -0.39 is 0 Å². The van der Waals surface area contributed by atoms with Crippen molar-refractivity contribution < 1.29 is 9.59 Å². The fourth-order valence-corrected chi connectivity index (χ4v) is 3.96. The molecule has 0 spiro atoms. The molecule has 0 bridgehead atoms. The van der Waals surface area contributed by atoms with Crippen LogP contribution in [0.5, 0.6) is 0 Å². The lowest BCUT2D eigenvalue weighted by atomic mass is 9.84. The smallest absolute Gasteiger partial charge is 0.243 e. The molecule has 0 aliphatic rings. The largest absolute Gasteiger partial charge is 0.346 e. The maximum absolute atomic E-state index is 12.4. The molecule has 0 saturated heterocycles. The van der Waals surface area contributed by atoms with Gasteiger partial charge in [0, 0.05) is 16.2 Å². The number of rotatable bonds is 9. The third kappa shape index (κ3) is 6.07. The first kappa shape index (κ1) is 23.9. The molecule has 2 amide bonds. The number of benzene rings is 2. The van der Waals surface area contributed by atoms with Crippen LogP contribution in [0.15, 0.2) is 36.4 Å². The van der Waals surface area contributed by atoms with Gasteiger partial charge in [-0.1, -0.05) is 55.3 Å². The second kappa shape index (κ2) is 10.6. The van der Waals surface area contributed by atoms with Crippen molar-refractivity contribution in [3.63, 3.8) is 0 Å². The summed E-state index contributed by atoms with van der Waals surface area (Å²) in [7, 11) is 0. The van der Waals surface area contributed by atoms with Crippen molar-refractivity contribution in [3.8, 4) is 0 Å². The average Bonchev–Trinajstić information content (AvgIpc) is 2.71. The Morgan fingerprint density at radius 2 is 1.47 bits per heavy atom. The maximum atomic E-state index is 12.4. The van der Waals surface area contributed by atoms with Crippen LogP contribution in [0, 0.1) is 20.8 Å². The minimum absolute atomic E-state index is 0.0700. The normalized spacial score (nSPS) is 11.3. The highest BCUT2D eigenvalue weighted by Gasteiger charge is 2.28. The summed E-state index contributed by atoms with van der Waals surface area (Å²) in [6, 6.07) is 11.7. The number of nitrogens with one attached hydrogen (secondary N) is 3. The first-order valence-electron chi connectivity index (χ1n) is 10.4. The zero-order chi connectivity index (χ0) is 22.3. The van der Waals surface area contributed by atoms with Crippen molar-refractivity contribution in [1.29, 1.82) is 0 Å². The summed E-state index contributed by atoms with van der Waals surface area (Å²) in [6.45, 7) is 10.2. The molecular weight excluding hydrogens is 398 g/mol. The Morgan fingerprint density at radius 1 is 0.900 bits per heavy atom. The van der Waals surface area contributed by atoms with Crippen molar-refractivity contribution in [2.24, 2.45) is 0 Å². The Labute approximate surface area is 184 Å². The van der Waals surface area contributed by atoms with Crippen molar-refractivity contribution in [1.82, 2.24) is 10.6 Å². The van der Waals surface area contributed by atoms with E-state index in [1.54, 1.807) is 0 Å². The summed E-state index contributed by atoms with van der Waals surface area (Å²) in [6.07, 6.45) is 1.65. The van der Waals surface area contributed by atoms with Gasteiger partial charge in [0.15, 0.2) is 0 Å². The van der Waals surface area contributed by atoms with E-state index in [1.807, 2.05) is 57.2 Å². The van der Waals surface area contributed by atoms with Crippen molar-refractivity contribution in [2.75, 3.05) is 18.4 Å². The van der Waals surface area contributed by atoms with E-state index in [-0.39, 0.29) is 30.4 Å². The van der Waals surface area contributed by atoms with Crippen LogP contribution in [0.25, 0.3) is 0 Å². The highest BCUT2D eigenvalue weighted by Crippen LogP contribution is 2.29. The summed E-state index contributed by atoms with van der Waals surface area (Å²) < 4.78 is 0. The van der Waals surface area contributed by atoms with Crippen molar-refractivity contribution in [3.05, 3.63) is 63.7 Å². The van der Waals surface area contributed by atoms with Crippen LogP contribution in [0.4, 0.5) is 5.69 Å². The predicted molar refractivity (Wildman–Crippen MR) is 124 cm³/mol. The minimum Gasteiger partial charge on any atom is -0.346 e. The van der Waals surface area contributed by atoms with Crippen LogP contribution >= 0.6 is 11.6 Å². The van der Waals surface area contributed by atoms with Gasteiger partial charge in [0.25, 0.3) is 0 Å². The van der Waals surface area contributed by atoms with Crippen LogP contribution in [-0.4, -0.2) is 24.9 Å². The zero-order valence-corrected chi connectivity index (χ0v) is 19.2. The quantitative estimate of drug-likeness (QED) is 0.544. The standard InChI is InChI=1S/C24H32ClN3O2/c1-6-24(7-2,19-8-10-20(25)11-9-19)27-15-21(29)26-14-22(30)28-23-17(4)12-16(3)13-18(23)5/h8-13,27H,6-7,14-15H2,1-5H3,(H,26,29)(H,28,30). The summed E-state index contributed by atoms with van der Waals surface area (Å²) in [5.74, 6) is -0.462. The number of aryl methyl sites for hydroxylation is 3. The molecule has 6 heteroatoms. The van der Waals surface area contributed by atoms with Gasteiger partial charge >= 0.3 is 0 Å². The summed E-state index contributed by atoms with van der Waals surface area (Å²) >= 11 is 6.01. The number of hydrogen-bond donors (Lipinski definition) is 3. The van der Waals surface area contributed by atoms with Gasteiger partial charge in [-0.15, -0.1) is 0 Å². The Hall–Kier alpha value is -2.37. The monoisotopic (exact) mass is 429 g/mol. The van der Waals surface area contributed by atoms with Crippen molar-refractivity contribution >= 4 is 29.1 Å². The van der Waals surface area contributed by atoms with Crippen molar-refractivity contribution in [2.45, 2.75) is 53.0 Å². The highest BCUT2D eigenvalue weighted by molar-refractivity contribution is 6.30. The molecule has 0 atom stereocenters. The molecule has 3 N–H and O–H groups in total. The lowest BCUT2D eigenvalue weighted by molar-refractivity contribution is -0.123. The Bertz CT molecular complexity index is 867. The Balaban J connectivity index is 1.92. The fraction of sp³-hybridized carbons (Fsp3) is 0.417. The van der Waals surface area contributed by atoms with Crippen LogP contribution in [0.1, 0.15) is 48.9 Å². The van der Waals surface area contributed by atoms with E-state index in [1.165, 1.54) is 0 Å². The summed E-state index contributed by atoms with van der Waals surface area (Å²) in [4.78, 5) is 24.7. The number of anilines is 1. The molecule has 0 heterocycles. The average molecular weight is 430 g/mol. The lowest BCUT2D eigenvalue weighted by Crippen LogP contribution is -2.47. The fourth-order valence-electron chi connectivity index (χ4n) is 3.83. The van der Waals surface area contributed by atoms with E-state index in [9.17, 15) is 9.59 Å². The predicted octanol–water partition coefficient (Wildman–Crippen LogP) is 4.63.